The summed E-state index contributed by atoms with van der Waals surface area (Å²) in [7, 11) is 1.21. The molecule has 4 rings (SSSR count). The van der Waals surface area contributed by atoms with Crippen molar-refractivity contribution in [3.63, 3.8) is 0 Å². The van der Waals surface area contributed by atoms with Crippen LogP contribution in [0, 0.1) is 17.6 Å². The highest BCUT2D eigenvalue weighted by Gasteiger charge is 2.39. The van der Waals surface area contributed by atoms with E-state index in [-0.39, 0.29) is 36.1 Å². The molecule has 0 bridgehead atoms. The van der Waals surface area contributed by atoms with Crippen molar-refractivity contribution in [1.82, 2.24) is 4.90 Å². The Balaban J connectivity index is 1.69. The summed E-state index contributed by atoms with van der Waals surface area (Å²) >= 11 is 0. The lowest BCUT2D eigenvalue weighted by Crippen LogP contribution is -2.48. The summed E-state index contributed by atoms with van der Waals surface area (Å²) in [6.07, 6.45) is 5.59. The highest BCUT2D eigenvalue weighted by molar-refractivity contribution is 5.86. The molecule has 0 aromatic heterocycles. The van der Waals surface area contributed by atoms with E-state index in [9.17, 15) is 14.0 Å². The molecule has 0 radical (unpaired) electrons. The van der Waals surface area contributed by atoms with Gasteiger partial charge in [-0.1, -0.05) is 6.07 Å². The van der Waals surface area contributed by atoms with E-state index in [1.54, 1.807) is 17.0 Å². The van der Waals surface area contributed by atoms with Gasteiger partial charge in [0.2, 0.25) is 0 Å². The van der Waals surface area contributed by atoms with Gasteiger partial charge in [-0.05, 0) is 93.0 Å². The van der Waals surface area contributed by atoms with Crippen LogP contribution >= 0.6 is 0 Å². The monoisotopic (exact) mass is 529 g/mol. The van der Waals surface area contributed by atoms with E-state index in [0.717, 1.165) is 36.6 Å². The molecule has 2 unspecified atom stereocenters. The van der Waals surface area contributed by atoms with Crippen LogP contribution in [0.3, 0.4) is 0 Å². The lowest BCUT2D eigenvalue weighted by atomic mass is 9.83. The van der Waals surface area contributed by atoms with Crippen LogP contribution in [0.1, 0.15) is 68.3 Å². The molecule has 8 heteroatoms. The summed E-state index contributed by atoms with van der Waals surface area (Å²) in [6, 6.07) is 6.43. The van der Waals surface area contributed by atoms with E-state index in [0.29, 0.717) is 30.1 Å². The van der Waals surface area contributed by atoms with E-state index >= 15 is 8.78 Å². The molecular weight excluding hydrogens is 495 g/mol. The van der Waals surface area contributed by atoms with Crippen LogP contribution in [0.25, 0.3) is 6.08 Å². The first-order chi connectivity index (χ1) is 17.9. The van der Waals surface area contributed by atoms with Gasteiger partial charge in [-0.15, -0.1) is 0 Å². The maximum absolute atomic E-state index is 15.6. The number of alkyl halides is 1. The van der Waals surface area contributed by atoms with Crippen molar-refractivity contribution in [2.24, 2.45) is 5.92 Å². The van der Waals surface area contributed by atoms with Crippen molar-refractivity contribution < 1.29 is 32.2 Å². The fourth-order valence-corrected chi connectivity index (χ4v) is 5.05. The number of benzene rings is 2. The van der Waals surface area contributed by atoms with Gasteiger partial charge >= 0.3 is 5.97 Å². The highest BCUT2D eigenvalue weighted by atomic mass is 19.1. The van der Waals surface area contributed by atoms with Gasteiger partial charge in [-0.2, -0.15) is 0 Å². The van der Waals surface area contributed by atoms with Crippen molar-refractivity contribution in [3.05, 3.63) is 70.3 Å². The van der Waals surface area contributed by atoms with E-state index in [4.69, 9.17) is 4.74 Å². The van der Waals surface area contributed by atoms with Crippen molar-refractivity contribution in [2.75, 3.05) is 20.3 Å². The normalized spacial score (nSPS) is 19.9. The molecule has 1 aliphatic carbocycles. The fourth-order valence-electron chi connectivity index (χ4n) is 5.05. The molecule has 2 aromatic rings. The highest BCUT2D eigenvalue weighted by Crippen LogP contribution is 2.42. The number of hydrogen-bond acceptors (Lipinski definition) is 5. The van der Waals surface area contributed by atoms with Crippen LogP contribution in [0.15, 0.2) is 36.4 Å². The quantitative estimate of drug-likeness (QED) is 0.280. The van der Waals surface area contributed by atoms with Gasteiger partial charge in [0.1, 0.15) is 29.7 Å². The van der Waals surface area contributed by atoms with Crippen molar-refractivity contribution in [3.8, 4) is 5.75 Å². The van der Waals surface area contributed by atoms with E-state index in [2.05, 4.69) is 4.74 Å². The minimum absolute atomic E-state index is 0.0136. The number of methoxy groups -OCH3 is 1. The molecule has 1 aliphatic heterocycles. The van der Waals surface area contributed by atoms with Crippen LogP contribution in [0.4, 0.5) is 13.2 Å². The second kappa shape index (κ2) is 11.3. The second-order valence-corrected chi connectivity index (χ2v) is 10.9. The van der Waals surface area contributed by atoms with Crippen LogP contribution in [0.2, 0.25) is 0 Å². The molecular formula is C30H34F3NO4. The van der Waals surface area contributed by atoms with Crippen molar-refractivity contribution in [2.45, 2.75) is 64.2 Å². The molecule has 1 saturated carbocycles. The number of carbonyl (C=O) groups excluding carboxylic acids is 2. The van der Waals surface area contributed by atoms with Crippen LogP contribution in [-0.2, 0) is 20.7 Å². The number of halogens is 3. The molecule has 2 atom stereocenters. The number of nitrogens with zero attached hydrogens (tertiary/aromatic N) is 1. The molecule has 204 valence electrons. The molecule has 38 heavy (non-hydrogen) atoms. The van der Waals surface area contributed by atoms with Gasteiger partial charge < -0.3 is 9.47 Å². The minimum atomic E-state index is -1.61. The van der Waals surface area contributed by atoms with E-state index in [1.807, 2.05) is 13.0 Å². The minimum Gasteiger partial charge on any atom is -0.486 e. The van der Waals surface area contributed by atoms with Crippen LogP contribution in [-0.4, -0.2) is 48.6 Å². The number of ketones is 1. The number of fused-ring (bicyclic) bond motifs is 1. The third kappa shape index (κ3) is 6.84. The molecule has 5 nitrogen and oxygen atoms in total. The Labute approximate surface area is 221 Å². The Kier molecular flexibility index (Phi) is 8.31. The smallest absolute Gasteiger partial charge is 0.330 e. The molecule has 0 amide bonds. The lowest BCUT2D eigenvalue weighted by Gasteiger charge is -2.44. The summed E-state index contributed by atoms with van der Waals surface area (Å²) in [5, 5.41) is 0. The third-order valence-corrected chi connectivity index (χ3v) is 6.98. The predicted molar refractivity (Wildman–Crippen MR) is 139 cm³/mol. The Morgan fingerprint density at radius 1 is 1.13 bits per heavy atom. The molecule has 0 spiro atoms. The van der Waals surface area contributed by atoms with E-state index in [1.165, 1.54) is 27.0 Å². The summed E-state index contributed by atoms with van der Waals surface area (Å²) < 4.78 is 56.3. The van der Waals surface area contributed by atoms with Crippen molar-refractivity contribution >= 4 is 17.8 Å². The van der Waals surface area contributed by atoms with Crippen LogP contribution < -0.4 is 4.74 Å². The zero-order valence-corrected chi connectivity index (χ0v) is 22.2. The summed E-state index contributed by atoms with van der Waals surface area (Å²) in [5.41, 5.74) is -0.151. The summed E-state index contributed by atoms with van der Waals surface area (Å²) in [5.74, 6) is -1.19. The molecule has 1 fully saturated rings. The maximum atomic E-state index is 15.6. The number of hydrogen-bond donors (Lipinski definition) is 0. The zero-order valence-electron chi connectivity index (χ0n) is 22.2. The van der Waals surface area contributed by atoms with Gasteiger partial charge in [0, 0.05) is 30.6 Å². The second-order valence-electron chi connectivity index (χ2n) is 10.9. The predicted octanol–water partition coefficient (Wildman–Crippen LogP) is 5.98. The van der Waals surface area contributed by atoms with Crippen LogP contribution in [0.5, 0.6) is 5.75 Å². The molecule has 2 aliphatic rings. The number of Topliss-reactive ketones (excluding diaryl/α,β-unsaturated/α-hetero) is 1. The zero-order chi connectivity index (χ0) is 27.6. The summed E-state index contributed by atoms with van der Waals surface area (Å²) in [6.45, 7) is 4.73. The Morgan fingerprint density at radius 2 is 1.82 bits per heavy atom. The molecule has 1 heterocycles. The fraction of sp³-hybridized carbons (Fsp3) is 0.467. The van der Waals surface area contributed by atoms with Crippen molar-refractivity contribution in [1.29, 1.82) is 0 Å². The van der Waals surface area contributed by atoms with Gasteiger partial charge in [-0.3, -0.25) is 9.69 Å². The summed E-state index contributed by atoms with van der Waals surface area (Å²) in [4.78, 5) is 25.3. The average Bonchev–Trinajstić information content (AvgIpc) is 3.65. The largest absolute Gasteiger partial charge is 0.486 e. The Hall–Kier alpha value is -3.13. The number of rotatable bonds is 10. The topological polar surface area (TPSA) is 55.8 Å². The van der Waals surface area contributed by atoms with E-state index < -0.39 is 29.3 Å². The molecule has 0 N–H and O–H groups in total. The molecule has 2 aromatic carbocycles. The SMILES string of the molecule is COC(=O)/C=C/c1cc(F)c(C2c3ccc(OCC(=O)CC4CC4)cc3CC(C)N2CC(C)(C)F)c(F)c1. The number of esters is 1. The molecule has 0 saturated heterocycles. The van der Waals surface area contributed by atoms with Gasteiger partial charge in [0.15, 0.2) is 5.78 Å². The maximum Gasteiger partial charge on any atom is 0.330 e. The van der Waals surface area contributed by atoms with Gasteiger partial charge in [0.25, 0.3) is 0 Å². The first-order valence-electron chi connectivity index (χ1n) is 12.9. The third-order valence-electron chi connectivity index (χ3n) is 6.98. The van der Waals surface area contributed by atoms with Gasteiger partial charge in [0.05, 0.1) is 13.2 Å². The number of ether oxygens (including phenoxy) is 2. The number of carbonyl (C=O) groups is 2. The first kappa shape index (κ1) is 27.9. The average molecular weight is 530 g/mol. The standard InChI is InChI=1S/C30H34F3NO4/c1-18-11-21-15-23(38-16-22(35)12-19-5-6-19)8-9-24(21)29(34(18)17-30(2,3)33)28-25(31)13-20(14-26(28)32)7-10-27(36)37-4/h7-10,13-15,18-19,29H,5-6,11-12,16-17H2,1-4H3/b10-7+. The Morgan fingerprint density at radius 3 is 2.42 bits per heavy atom. The van der Waals surface area contributed by atoms with Gasteiger partial charge in [-0.25, -0.2) is 18.0 Å². The first-order valence-corrected chi connectivity index (χ1v) is 12.9. The Bertz CT molecular complexity index is 1210. The lowest BCUT2D eigenvalue weighted by molar-refractivity contribution is -0.134.